The highest BCUT2D eigenvalue weighted by atomic mass is 16.5. The average Bonchev–Trinajstić information content (AvgIpc) is 2.36. The fourth-order valence-electron chi connectivity index (χ4n) is 1.54. The zero-order chi connectivity index (χ0) is 15.4. The largest absolute Gasteiger partial charge is 0.461 e. The molecule has 1 amide bonds. The summed E-state index contributed by atoms with van der Waals surface area (Å²) in [6.07, 6.45) is 6.42. The molecule has 20 heavy (non-hydrogen) atoms. The second-order valence-electron chi connectivity index (χ2n) is 5.01. The maximum atomic E-state index is 11.4. The van der Waals surface area contributed by atoms with E-state index in [1.165, 1.54) is 11.1 Å². The van der Waals surface area contributed by atoms with Crippen molar-refractivity contribution in [1.29, 1.82) is 0 Å². The summed E-state index contributed by atoms with van der Waals surface area (Å²) in [5, 5.41) is 2.64. The zero-order valence-corrected chi connectivity index (χ0v) is 13.1. The van der Waals surface area contributed by atoms with Gasteiger partial charge < -0.3 is 10.1 Å². The Morgan fingerprint density at radius 1 is 1.05 bits per heavy atom. The summed E-state index contributed by atoms with van der Waals surface area (Å²) in [5.41, 5.74) is 2.52. The van der Waals surface area contributed by atoms with Crippen LogP contribution in [0.3, 0.4) is 0 Å². The van der Waals surface area contributed by atoms with Gasteiger partial charge in [0.1, 0.15) is 6.61 Å². The van der Waals surface area contributed by atoms with E-state index in [2.05, 4.69) is 25.2 Å². The molecular weight excluding hydrogens is 254 g/mol. The first kappa shape index (κ1) is 18.4. The van der Waals surface area contributed by atoms with Crippen molar-refractivity contribution in [3.8, 4) is 0 Å². The second kappa shape index (κ2) is 11.3. The molecule has 1 N–H and O–H groups in total. The van der Waals surface area contributed by atoms with Crippen LogP contribution >= 0.6 is 0 Å². The molecule has 0 unspecified atom stereocenters. The molecule has 0 saturated carbocycles. The standard InChI is InChI=1S/C16H27NO3/c1-5-17-15(18)9-10-16(19)20-12-11-14(4)8-6-7-13(2)3/h7,11H,5-6,8-10,12H2,1-4H3,(H,17,18)/b14-11+. The molecule has 0 aliphatic heterocycles. The molecule has 0 saturated heterocycles. The maximum absolute atomic E-state index is 11.4. The molecule has 0 spiro atoms. The van der Waals surface area contributed by atoms with Crippen LogP contribution in [-0.4, -0.2) is 25.0 Å². The second-order valence-corrected chi connectivity index (χ2v) is 5.01. The van der Waals surface area contributed by atoms with Crippen LogP contribution in [0, 0.1) is 0 Å². The molecule has 0 atom stereocenters. The first-order chi connectivity index (χ1) is 9.45. The minimum Gasteiger partial charge on any atom is -0.461 e. The first-order valence-corrected chi connectivity index (χ1v) is 7.17. The SMILES string of the molecule is CCNC(=O)CCC(=O)OC/C=C(\C)CCC=C(C)C. The molecule has 0 aliphatic carbocycles. The van der Waals surface area contributed by atoms with Gasteiger partial charge in [0, 0.05) is 13.0 Å². The summed E-state index contributed by atoms with van der Waals surface area (Å²) >= 11 is 0. The van der Waals surface area contributed by atoms with Crippen LogP contribution in [0.25, 0.3) is 0 Å². The van der Waals surface area contributed by atoms with Crippen LogP contribution in [0.1, 0.15) is 53.4 Å². The van der Waals surface area contributed by atoms with Gasteiger partial charge in [-0.25, -0.2) is 0 Å². The Hall–Kier alpha value is -1.58. The summed E-state index contributed by atoms with van der Waals surface area (Å²) in [6.45, 7) is 8.90. The predicted molar refractivity (Wildman–Crippen MR) is 81.3 cm³/mol. The molecule has 0 rings (SSSR count). The van der Waals surface area contributed by atoms with Crippen LogP contribution in [0.2, 0.25) is 0 Å². The van der Waals surface area contributed by atoms with E-state index in [0.29, 0.717) is 6.54 Å². The number of carbonyl (C=O) groups is 2. The zero-order valence-electron chi connectivity index (χ0n) is 13.1. The summed E-state index contributed by atoms with van der Waals surface area (Å²) in [6, 6.07) is 0. The van der Waals surface area contributed by atoms with Crippen molar-refractivity contribution in [1.82, 2.24) is 5.32 Å². The van der Waals surface area contributed by atoms with Crippen molar-refractivity contribution >= 4 is 11.9 Å². The quantitative estimate of drug-likeness (QED) is 0.522. The molecule has 0 aromatic rings. The summed E-state index contributed by atoms with van der Waals surface area (Å²) in [4.78, 5) is 22.6. The smallest absolute Gasteiger partial charge is 0.306 e. The van der Waals surface area contributed by atoms with E-state index < -0.39 is 0 Å². The van der Waals surface area contributed by atoms with Gasteiger partial charge in [-0.05, 0) is 46.6 Å². The third kappa shape index (κ3) is 11.5. The third-order valence-corrected chi connectivity index (χ3v) is 2.70. The fraction of sp³-hybridized carbons (Fsp3) is 0.625. The van der Waals surface area contributed by atoms with E-state index in [-0.39, 0.29) is 31.3 Å². The van der Waals surface area contributed by atoms with Gasteiger partial charge >= 0.3 is 5.97 Å². The van der Waals surface area contributed by atoms with Crippen LogP contribution in [0.4, 0.5) is 0 Å². The van der Waals surface area contributed by atoms with Gasteiger partial charge in [0.15, 0.2) is 0 Å². The third-order valence-electron chi connectivity index (χ3n) is 2.70. The number of esters is 1. The number of amides is 1. The lowest BCUT2D eigenvalue weighted by molar-refractivity contribution is -0.143. The van der Waals surface area contributed by atoms with E-state index in [9.17, 15) is 9.59 Å². The number of hydrogen-bond donors (Lipinski definition) is 1. The summed E-state index contributed by atoms with van der Waals surface area (Å²) in [5.74, 6) is -0.442. The molecular formula is C16H27NO3. The Morgan fingerprint density at radius 3 is 2.35 bits per heavy atom. The van der Waals surface area contributed by atoms with Crippen LogP contribution in [-0.2, 0) is 14.3 Å². The van der Waals surface area contributed by atoms with Gasteiger partial charge in [0.25, 0.3) is 0 Å². The summed E-state index contributed by atoms with van der Waals surface area (Å²) in [7, 11) is 0. The topological polar surface area (TPSA) is 55.4 Å². The normalized spacial score (nSPS) is 10.9. The van der Waals surface area contributed by atoms with E-state index in [1.807, 2.05) is 19.9 Å². The highest BCUT2D eigenvalue weighted by molar-refractivity contribution is 5.81. The lowest BCUT2D eigenvalue weighted by Crippen LogP contribution is -2.23. The van der Waals surface area contributed by atoms with Crippen molar-refractivity contribution < 1.29 is 14.3 Å². The lowest BCUT2D eigenvalue weighted by atomic mass is 10.1. The van der Waals surface area contributed by atoms with Gasteiger partial charge in [0.2, 0.25) is 5.91 Å². The molecule has 0 aromatic heterocycles. The van der Waals surface area contributed by atoms with Crippen molar-refractivity contribution in [2.24, 2.45) is 0 Å². The van der Waals surface area contributed by atoms with E-state index in [4.69, 9.17) is 4.74 Å². The summed E-state index contributed by atoms with van der Waals surface area (Å²) < 4.78 is 5.06. The van der Waals surface area contributed by atoms with Crippen molar-refractivity contribution in [2.75, 3.05) is 13.2 Å². The van der Waals surface area contributed by atoms with E-state index in [0.717, 1.165) is 12.8 Å². The van der Waals surface area contributed by atoms with Gasteiger partial charge in [-0.1, -0.05) is 17.2 Å². The molecule has 4 heteroatoms. The van der Waals surface area contributed by atoms with Crippen molar-refractivity contribution in [2.45, 2.75) is 53.4 Å². The molecule has 0 heterocycles. The minimum atomic E-state index is -0.329. The minimum absolute atomic E-state index is 0.113. The fourth-order valence-corrected chi connectivity index (χ4v) is 1.54. The van der Waals surface area contributed by atoms with Gasteiger partial charge in [0.05, 0.1) is 6.42 Å². The molecule has 4 nitrogen and oxygen atoms in total. The van der Waals surface area contributed by atoms with Crippen LogP contribution in [0.15, 0.2) is 23.3 Å². The van der Waals surface area contributed by atoms with Gasteiger partial charge in [-0.2, -0.15) is 0 Å². The van der Waals surface area contributed by atoms with Crippen LogP contribution in [0.5, 0.6) is 0 Å². The number of rotatable bonds is 9. The maximum Gasteiger partial charge on any atom is 0.306 e. The lowest BCUT2D eigenvalue weighted by Gasteiger charge is -2.04. The van der Waals surface area contributed by atoms with Gasteiger partial charge in [-0.3, -0.25) is 9.59 Å². The molecule has 0 fully saturated rings. The number of nitrogens with one attached hydrogen (secondary N) is 1. The highest BCUT2D eigenvalue weighted by Crippen LogP contribution is 2.06. The molecule has 0 aliphatic rings. The highest BCUT2D eigenvalue weighted by Gasteiger charge is 2.06. The molecule has 0 radical (unpaired) electrons. The number of ether oxygens (including phenoxy) is 1. The first-order valence-electron chi connectivity index (χ1n) is 7.17. The van der Waals surface area contributed by atoms with E-state index >= 15 is 0 Å². The molecule has 114 valence electrons. The molecule has 0 bridgehead atoms. The number of hydrogen-bond acceptors (Lipinski definition) is 3. The molecule has 0 aromatic carbocycles. The predicted octanol–water partition coefficient (Wildman–Crippen LogP) is 3.14. The Bertz CT molecular complexity index is 366. The number of carbonyl (C=O) groups excluding carboxylic acids is 2. The Labute approximate surface area is 122 Å². The Morgan fingerprint density at radius 2 is 1.75 bits per heavy atom. The van der Waals surface area contributed by atoms with Crippen LogP contribution < -0.4 is 5.32 Å². The Kier molecular flexibility index (Phi) is 10.4. The average molecular weight is 281 g/mol. The van der Waals surface area contributed by atoms with Crippen molar-refractivity contribution in [3.63, 3.8) is 0 Å². The Balaban J connectivity index is 3.78. The van der Waals surface area contributed by atoms with Crippen molar-refractivity contribution in [3.05, 3.63) is 23.3 Å². The number of allylic oxidation sites excluding steroid dienone is 3. The van der Waals surface area contributed by atoms with Gasteiger partial charge in [-0.15, -0.1) is 0 Å². The van der Waals surface area contributed by atoms with E-state index in [1.54, 1.807) is 0 Å². The monoisotopic (exact) mass is 281 g/mol.